The highest BCUT2D eigenvalue weighted by atomic mass is 35.5. The quantitative estimate of drug-likeness (QED) is 0.741. The fourth-order valence-corrected chi connectivity index (χ4v) is 3.76. The Morgan fingerprint density at radius 1 is 1.18 bits per heavy atom. The third kappa shape index (κ3) is 4.48. The monoisotopic (exact) mass is 430 g/mol. The number of carbonyl (C=O) groups excluding carboxylic acids is 1. The summed E-state index contributed by atoms with van der Waals surface area (Å²) >= 11 is 0. The number of amides is 1. The fourth-order valence-electron chi connectivity index (χ4n) is 3.76. The molecule has 0 saturated carbocycles. The first-order valence-electron chi connectivity index (χ1n) is 9.23. The Kier molecular flexibility index (Phi) is 7.82. The van der Waals surface area contributed by atoms with Crippen LogP contribution in [0.4, 0.5) is 5.82 Å². The molecule has 2 aromatic heterocycles. The van der Waals surface area contributed by atoms with Gasteiger partial charge in [0.15, 0.2) is 5.65 Å². The topological polar surface area (TPSA) is 82.4 Å². The van der Waals surface area contributed by atoms with Gasteiger partial charge in [0.25, 0.3) is 0 Å². The first-order valence-corrected chi connectivity index (χ1v) is 9.23. The number of aromatic nitrogens is 4. The summed E-state index contributed by atoms with van der Waals surface area (Å²) in [4.78, 5) is 27.9. The molecular formula is C17H28Cl2N8O. The van der Waals surface area contributed by atoms with E-state index < -0.39 is 0 Å². The van der Waals surface area contributed by atoms with Crippen LogP contribution < -0.4 is 10.2 Å². The van der Waals surface area contributed by atoms with E-state index in [2.05, 4.69) is 37.1 Å². The number of hydrogen-bond donors (Lipinski definition) is 1. The Labute approximate surface area is 177 Å². The maximum Gasteiger partial charge on any atom is 0.236 e. The molecule has 2 aromatic rings. The van der Waals surface area contributed by atoms with Crippen molar-refractivity contribution >= 4 is 47.6 Å². The lowest BCUT2D eigenvalue weighted by Crippen LogP contribution is -2.55. The van der Waals surface area contributed by atoms with E-state index in [1.807, 2.05) is 18.1 Å². The third-order valence-electron chi connectivity index (χ3n) is 5.42. The summed E-state index contributed by atoms with van der Waals surface area (Å²) in [5, 5.41) is 8.61. The summed E-state index contributed by atoms with van der Waals surface area (Å²) < 4.78 is 1.76. The van der Waals surface area contributed by atoms with Crippen molar-refractivity contribution in [1.82, 2.24) is 34.9 Å². The van der Waals surface area contributed by atoms with Gasteiger partial charge >= 0.3 is 0 Å². The van der Waals surface area contributed by atoms with Crippen molar-refractivity contribution in [3.05, 3.63) is 12.5 Å². The molecule has 4 rings (SSSR count). The molecule has 2 aliphatic heterocycles. The summed E-state index contributed by atoms with van der Waals surface area (Å²) in [5.41, 5.74) is 0.834. The van der Waals surface area contributed by atoms with Crippen molar-refractivity contribution in [2.45, 2.75) is 13.0 Å². The summed E-state index contributed by atoms with van der Waals surface area (Å²) in [6.45, 7) is 8.56. The second-order valence-corrected chi connectivity index (χ2v) is 7.09. The number of nitrogens with one attached hydrogen (secondary N) is 1. The molecule has 28 heavy (non-hydrogen) atoms. The van der Waals surface area contributed by atoms with Gasteiger partial charge in [-0.25, -0.2) is 9.97 Å². The number of nitrogens with zero attached hydrogens (tertiary/aromatic N) is 7. The van der Waals surface area contributed by atoms with Crippen LogP contribution in [0.3, 0.4) is 0 Å². The van der Waals surface area contributed by atoms with Crippen LogP contribution in [-0.4, -0.2) is 93.9 Å². The normalized spacial score (nSPS) is 20.6. The molecule has 0 spiro atoms. The SMILES string of the molecule is C[C@H]1CNCCN1CC(=O)N1CCN(c2ncnc3c2cnn3C)CC1.Cl.Cl. The average Bonchev–Trinajstić information content (AvgIpc) is 3.05. The lowest BCUT2D eigenvalue weighted by atomic mass is 10.2. The minimum Gasteiger partial charge on any atom is -0.352 e. The molecule has 1 N–H and O–H groups in total. The zero-order chi connectivity index (χ0) is 18.1. The molecule has 0 unspecified atom stereocenters. The Bertz CT molecular complexity index is 793. The molecule has 0 aromatic carbocycles. The van der Waals surface area contributed by atoms with Crippen molar-refractivity contribution in [1.29, 1.82) is 0 Å². The number of halogens is 2. The smallest absolute Gasteiger partial charge is 0.236 e. The van der Waals surface area contributed by atoms with Gasteiger partial charge in [-0.05, 0) is 6.92 Å². The molecule has 11 heteroatoms. The second-order valence-electron chi connectivity index (χ2n) is 7.09. The maximum atomic E-state index is 12.7. The predicted octanol–water partition coefficient (Wildman–Crippen LogP) is 0.149. The number of fused-ring (bicyclic) bond motifs is 1. The summed E-state index contributed by atoms with van der Waals surface area (Å²) in [6, 6.07) is 0.411. The van der Waals surface area contributed by atoms with Crippen LogP contribution >= 0.6 is 24.8 Å². The van der Waals surface area contributed by atoms with Crippen molar-refractivity contribution < 1.29 is 4.79 Å². The predicted molar refractivity (Wildman–Crippen MR) is 113 cm³/mol. The van der Waals surface area contributed by atoms with E-state index in [9.17, 15) is 4.79 Å². The van der Waals surface area contributed by atoms with Crippen LogP contribution in [-0.2, 0) is 11.8 Å². The molecule has 1 amide bonds. The largest absolute Gasteiger partial charge is 0.352 e. The maximum absolute atomic E-state index is 12.7. The van der Waals surface area contributed by atoms with Gasteiger partial charge in [0, 0.05) is 58.9 Å². The Morgan fingerprint density at radius 3 is 2.64 bits per heavy atom. The van der Waals surface area contributed by atoms with Crippen LogP contribution in [0.1, 0.15) is 6.92 Å². The average molecular weight is 431 g/mol. The van der Waals surface area contributed by atoms with Crippen LogP contribution in [0.25, 0.3) is 11.0 Å². The lowest BCUT2D eigenvalue weighted by Gasteiger charge is -2.38. The molecule has 9 nitrogen and oxygen atoms in total. The molecule has 1 atom stereocenters. The molecule has 156 valence electrons. The standard InChI is InChI=1S/C17H26N8O.2ClH/c1-13-9-18-3-4-25(13)11-15(26)23-5-7-24(8-6-23)17-14-10-21-22(2)16(14)19-12-20-17;;/h10,12-13,18H,3-9,11H2,1-2H3;2*1H/t13-;;/m0../s1. The highest BCUT2D eigenvalue weighted by molar-refractivity contribution is 5.87. The summed E-state index contributed by atoms with van der Waals surface area (Å²) in [5.74, 6) is 1.14. The van der Waals surface area contributed by atoms with E-state index in [0.717, 1.165) is 62.7 Å². The zero-order valence-electron chi connectivity index (χ0n) is 16.2. The highest BCUT2D eigenvalue weighted by Crippen LogP contribution is 2.23. The third-order valence-corrected chi connectivity index (χ3v) is 5.42. The number of hydrogen-bond acceptors (Lipinski definition) is 7. The Morgan fingerprint density at radius 2 is 1.93 bits per heavy atom. The van der Waals surface area contributed by atoms with E-state index in [4.69, 9.17) is 0 Å². The zero-order valence-corrected chi connectivity index (χ0v) is 17.9. The minimum absolute atomic E-state index is 0. The molecule has 0 aliphatic carbocycles. The van der Waals surface area contributed by atoms with Gasteiger partial charge < -0.3 is 15.1 Å². The van der Waals surface area contributed by atoms with E-state index in [1.165, 1.54) is 0 Å². The van der Waals surface area contributed by atoms with Gasteiger partial charge in [0.05, 0.1) is 18.1 Å². The molecule has 0 radical (unpaired) electrons. The first-order chi connectivity index (χ1) is 12.6. The summed E-state index contributed by atoms with van der Waals surface area (Å²) in [6.07, 6.45) is 3.40. The van der Waals surface area contributed by atoms with Gasteiger partial charge in [-0.3, -0.25) is 14.4 Å². The molecule has 4 heterocycles. The van der Waals surface area contributed by atoms with Crippen molar-refractivity contribution in [2.75, 3.05) is 57.3 Å². The molecule has 2 aliphatic rings. The van der Waals surface area contributed by atoms with Gasteiger partial charge in [0.1, 0.15) is 12.1 Å². The molecule has 0 bridgehead atoms. The van der Waals surface area contributed by atoms with E-state index in [0.29, 0.717) is 12.6 Å². The number of anilines is 1. The molecule has 2 fully saturated rings. The molecular weight excluding hydrogens is 403 g/mol. The minimum atomic E-state index is 0. The number of piperazine rings is 2. The van der Waals surface area contributed by atoms with Crippen LogP contribution in [0.2, 0.25) is 0 Å². The second kappa shape index (κ2) is 9.69. The number of aryl methyl sites for hydroxylation is 1. The number of rotatable bonds is 3. The van der Waals surface area contributed by atoms with E-state index >= 15 is 0 Å². The Hall–Kier alpha value is -1.68. The highest BCUT2D eigenvalue weighted by Gasteiger charge is 2.27. The van der Waals surface area contributed by atoms with Crippen LogP contribution in [0.15, 0.2) is 12.5 Å². The van der Waals surface area contributed by atoms with Gasteiger partial charge in [-0.2, -0.15) is 5.10 Å². The first kappa shape index (κ1) is 22.6. The van der Waals surface area contributed by atoms with Crippen molar-refractivity contribution in [3.63, 3.8) is 0 Å². The van der Waals surface area contributed by atoms with Crippen LogP contribution in [0, 0.1) is 0 Å². The van der Waals surface area contributed by atoms with Crippen molar-refractivity contribution in [2.24, 2.45) is 7.05 Å². The van der Waals surface area contributed by atoms with Crippen LogP contribution in [0.5, 0.6) is 0 Å². The lowest BCUT2D eigenvalue weighted by molar-refractivity contribution is -0.133. The Balaban J connectivity index is 0.00000140. The number of carbonyl (C=O) groups is 1. The van der Waals surface area contributed by atoms with E-state index in [1.54, 1.807) is 11.0 Å². The van der Waals surface area contributed by atoms with Gasteiger partial charge in [-0.1, -0.05) is 0 Å². The fraction of sp³-hybridized carbons (Fsp3) is 0.647. The summed E-state index contributed by atoms with van der Waals surface area (Å²) in [7, 11) is 1.88. The molecule has 2 saturated heterocycles. The van der Waals surface area contributed by atoms with Crippen molar-refractivity contribution in [3.8, 4) is 0 Å². The van der Waals surface area contributed by atoms with E-state index in [-0.39, 0.29) is 30.7 Å². The van der Waals surface area contributed by atoms with Gasteiger partial charge in [-0.15, -0.1) is 24.8 Å². The van der Waals surface area contributed by atoms with Gasteiger partial charge in [0.2, 0.25) is 5.91 Å².